The third-order valence-electron chi connectivity index (χ3n) is 5.22. The maximum atomic E-state index is 12.8. The zero-order valence-electron chi connectivity index (χ0n) is 13.5. The lowest BCUT2D eigenvalue weighted by molar-refractivity contribution is -0.139. The average Bonchev–Trinajstić information content (AvgIpc) is 3.27. The molecule has 130 valence electrons. The highest BCUT2D eigenvalue weighted by atomic mass is 19.1. The van der Waals surface area contributed by atoms with E-state index in [1.165, 1.54) is 12.1 Å². The number of benzene rings is 1. The van der Waals surface area contributed by atoms with Gasteiger partial charge in [0.05, 0.1) is 12.5 Å². The Hall–Kier alpha value is -2.11. The summed E-state index contributed by atoms with van der Waals surface area (Å²) in [4.78, 5) is 25.1. The van der Waals surface area contributed by atoms with E-state index < -0.39 is 5.97 Å². The van der Waals surface area contributed by atoms with Crippen molar-refractivity contribution in [1.29, 1.82) is 0 Å². The average molecular weight is 335 g/mol. The van der Waals surface area contributed by atoms with Gasteiger partial charge in [-0.05, 0) is 55.4 Å². The van der Waals surface area contributed by atoms with Gasteiger partial charge >= 0.3 is 5.97 Å². The summed E-state index contributed by atoms with van der Waals surface area (Å²) in [6.07, 6.45) is 3.37. The molecule has 1 amide bonds. The summed E-state index contributed by atoms with van der Waals surface area (Å²) < 4.78 is 18.3. The standard InChI is InChI=1S/C18H22FNO4/c19-13-3-5-14(6-4-13)24-11-1-2-16(21)20-9-7-18(8-10-20)12-15(18)17(22)23/h3-6,15H,1-2,7-12H2,(H,22,23). The highest BCUT2D eigenvalue weighted by Gasteiger charge is 2.59. The molecule has 0 bridgehead atoms. The molecule has 6 heteroatoms. The Morgan fingerprint density at radius 1 is 1.25 bits per heavy atom. The number of hydrogen-bond donors (Lipinski definition) is 1. The number of hydrogen-bond acceptors (Lipinski definition) is 3. The number of halogens is 1. The molecule has 1 saturated heterocycles. The number of carboxylic acids is 1. The fourth-order valence-electron chi connectivity index (χ4n) is 3.55. The van der Waals surface area contributed by atoms with Crippen LogP contribution in [0.5, 0.6) is 5.75 Å². The van der Waals surface area contributed by atoms with Crippen LogP contribution in [0.1, 0.15) is 32.1 Å². The summed E-state index contributed by atoms with van der Waals surface area (Å²) in [7, 11) is 0. The van der Waals surface area contributed by atoms with Crippen LogP contribution in [0.25, 0.3) is 0 Å². The van der Waals surface area contributed by atoms with Gasteiger partial charge in [0.25, 0.3) is 0 Å². The van der Waals surface area contributed by atoms with Crippen LogP contribution in [-0.4, -0.2) is 41.6 Å². The van der Waals surface area contributed by atoms with Crippen molar-refractivity contribution in [2.24, 2.45) is 11.3 Å². The normalized spacial score (nSPS) is 21.5. The number of aliphatic carboxylic acids is 1. The molecule has 24 heavy (non-hydrogen) atoms. The van der Waals surface area contributed by atoms with Crippen molar-refractivity contribution in [2.45, 2.75) is 32.1 Å². The Kier molecular flexibility index (Phi) is 4.73. The molecule has 1 aromatic rings. The molecule has 5 nitrogen and oxygen atoms in total. The van der Waals surface area contributed by atoms with Crippen molar-refractivity contribution in [2.75, 3.05) is 19.7 Å². The molecular weight excluding hydrogens is 313 g/mol. The second-order valence-corrected chi connectivity index (χ2v) is 6.74. The predicted molar refractivity (Wildman–Crippen MR) is 85.1 cm³/mol. The Morgan fingerprint density at radius 3 is 2.50 bits per heavy atom. The summed E-state index contributed by atoms with van der Waals surface area (Å²) in [6, 6.07) is 5.81. The third-order valence-corrected chi connectivity index (χ3v) is 5.22. The molecule has 1 aromatic carbocycles. The molecule has 1 saturated carbocycles. The maximum Gasteiger partial charge on any atom is 0.307 e. The molecule has 0 radical (unpaired) electrons. The molecule has 1 spiro atoms. The van der Waals surface area contributed by atoms with Gasteiger partial charge in [-0.3, -0.25) is 9.59 Å². The van der Waals surface area contributed by atoms with Crippen molar-refractivity contribution in [3.63, 3.8) is 0 Å². The van der Waals surface area contributed by atoms with Gasteiger partial charge < -0.3 is 14.7 Å². The monoisotopic (exact) mass is 335 g/mol. The van der Waals surface area contributed by atoms with Crippen molar-refractivity contribution in [3.8, 4) is 5.75 Å². The van der Waals surface area contributed by atoms with Crippen LogP contribution in [0.3, 0.4) is 0 Å². The first-order valence-corrected chi connectivity index (χ1v) is 8.39. The van der Waals surface area contributed by atoms with E-state index in [1.54, 1.807) is 12.1 Å². The number of carbonyl (C=O) groups excluding carboxylic acids is 1. The molecule has 1 unspecified atom stereocenters. The minimum Gasteiger partial charge on any atom is -0.494 e. The van der Waals surface area contributed by atoms with E-state index in [1.807, 2.05) is 4.90 Å². The van der Waals surface area contributed by atoms with Gasteiger partial charge in [-0.15, -0.1) is 0 Å². The smallest absolute Gasteiger partial charge is 0.307 e. The molecule has 2 fully saturated rings. The number of nitrogens with zero attached hydrogens (tertiary/aromatic N) is 1. The van der Waals surface area contributed by atoms with Crippen LogP contribution >= 0.6 is 0 Å². The van der Waals surface area contributed by atoms with Gasteiger partial charge in [0.1, 0.15) is 11.6 Å². The SMILES string of the molecule is O=C(O)C1CC12CCN(C(=O)CCCOc1ccc(F)cc1)CC2. The fourth-order valence-corrected chi connectivity index (χ4v) is 3.55. The minimum atomic E-state index is -0.701. The molecule has 3 rings (SSSR count). The lowest BCUT2D eigenvalue weighted by Gasteiger charge is -2.32. The Morgan fingerprint density at radius 2 is 1.92 bits per heavy atom. The summed E-state index contributed by atoms with van der Waals surface area (Å²) >= 11 is 0. The number of rotatable bonds is 6. The lowest BCUT2D eigenvalue weighted by atomic mass is 9.90. The van der Waals surface area contributed by atoms with Gasteiger partial charge in [0.15, 0.2) is 0 Å². The van der Waals surface area contributed by atoms with Crippen LogP contribution in [0, 0.1) is 17.2 Å². The van der Waals surface area contributed by atoms with E-state index in [-0.39, 0.29) is 23.1 Å². The highest BCUT2D eigenvalue weighted by Crippen LogP contribution is 2.59. The number of carbonyl (C=O) groups is 2. The second kappa shape index (κ2) is 6.79. The molecule has 1 heterocycles. The Labute approximate surface area is 140 Å². The van der Waals surface area contributed by atoms with Gasteiger partial charge in [0, 0.05) is 19.5 Å². The zero-order chi connectivity index (χ0) is 17.2. The first kappa shape index (κ1) is 16.7. The van der Waals surface area contributed by atoms with Crippen molar-refractivity contribution < 1.29 is 23.8 Å². The summed E-state index contributed by atoms with van der Waals surface area (Å²) in [5.41, 5.74) is -0.0473. The molecular formula is C18H22FNO4. The van der Waals surface area contributed by atoms with Crippen LogP contribution in [-0.2, 0) is 9.59 Å². The predicted octanol–water partition coefficient (Wildman–Crippen LogP) is 2.70. The summed E-state index contributed by atoms with van der Waals surface area (Å²) in [6.45, 7) is 1.72. The maximum absolute atomic E-state index is 12.8. The molecule has 1 aliphatic carbocycles. The van der Waals surface area contributed by atoms with E-state index in [0.717, 1.165) is 19.3 Å². The second-order valence-electron chi connectivity index (χ2n) is 6.74. The molecule has 0 aromatic heterocycles. The summed E-state index contributed by atoms with van der Waals surface area (Å²) in [5.74, 6) is -0.523. The zero-order valence-corrected chi connectivity index (χ0v) is 13.5. The van der Waals surface area contributed by atoms with Gasteiger partial charge in [-0.1, -0.05) is 0 Å². The largest absolute Gasteiger partial charge is 0.494 e. The van der Waals surface area contributed by atoms with Crippen LogP contribution < -0.4 is 4.74 Å². The van der Waals surface area contributed by atoms with Crippen molar-refractivity contribution in [1.82, 2.24) is 4.90 Å². The Balaban J connectivity index is 1.34. The van der Waals surface area contributed by atoms with Crippen LogP contribution in [0.4, 0.5) is 4.39 Å². The van der Waals surface area contributed by atoms with Crippen molar-refractivity contribution >= 4 is 11.9 Å². The van der Waals surface area contributed by atoms with E-state index in [9.17, 15) is 14.0 Å². The van der Waals surface area contributed by atoms with Gasteiger partial charge in [0.2, 0.25) is 5.91 Å². The number of ether oxygens (including phenoxy) is 1. The number of likely N-dealkylation sites (tertiary alicyclic amines) is 1. The molecule has 1 aliphatic heterocycles. The van der Waals surface area contributed by atoms with E-state index in [2.05, 4.69) is 0 Å². The molecule has 2 aliphatic rings. The third kappa shape index (κ3) is 3.68. The molecule has 1 atom stereocenters. The quantitative estimate of drug-likeness (QED) is 0.812. The van der Waals surface area contributed by atoms with Gasteiger partial charge in [-0.2, -0.15) is 0 Å². The van der Waals surface area contributed by atoms with Gasteiger partial charge in [-0.25, -0.2) is 4.39 Å². The van der Waals surface area contributed by atoms with E-state index in [4.69, 9.17) is 9.84 Å². The first-order chi connectivity index (χ1) is 11.5. The minimum absolute atomic E-state index is 0.0473. The fraction of sp³-hybridized carbons (Fsp3) is 0.556. The van der Waals surface area contributed by atoms with Crippen LogP contribution in [0.15, 0.2) is 24.3 Å². The van der Waals surface area contributed by atoms with Crippen molar-refractivity contribution in [3.05, 3.63) is 30.1 Å². The Bertz CT molecular complexity index is 608. The topological polar surface area (TPSA) is 66.8 Å². The number of carboxylic acid groups (broad SMARTS) is 1. The summed E-state index contributed by atoms with van der Waals surface area (Å²) in [5, 5.41) is 9.08. The molecule has 1 N–H and O–H groups in total. The van der Waals surface area contributed by atoms with E-state index >= 15 is 0 Å². The van der Waals surface area contributed by atoms with E-state index in [0.29, 0.717) is 38.3 Å². The lowest BCUT2D eigenvalue weighted by Crippen LogP contribution is -2.40. The number of piperidine rings is 1. The van der Waals surface area contributed by atoms with Crippen LogP contribution in [0.2, 0.25) is 0 Å². The highest BCUT2D eigenvalue weighted by molar-refractivity contribution is 5.77. The number of amides is 1. The first-order valence-electron chi connectivity index (χ1n) is 8.39.